The van der Waals surface area contributed by atoms with E-state index in [2.05, 4.69) is 4.74 Å². The van der Waals surface area contributed by atoms with E-state index in [1.54, 1.807) is 24.3 Å². The van der Waals surface area contributed by atoms with Crippen molar-refractivity contribution in [3.05, 3.63) is 59.7 Å². The molecule has 0 aromatic heterocycles. The van der Waals surface area contributed by atoms with E-state index in [9.17, 15) is 9.59 Å². The summed E-state index contributed by atoms with van der Waals surface area (Å²) in [6, 6.07) is 14.2. The van der Waals surface area contributed by atoms with Crippen LogP contribution in [-0.2, 0) is 14.2 Å². The molecule has 0 aliphatic rings. The van der Waals surface area contributed by atoms with Gasteiger partial charge in [0.2, 0.25) is 0 Å². The summed E-state index contributed by atoms with van der Waals surface area (Å²) >= 11 is 0. The molecular weight excluding hydrogens is 320 g/mol. The molecule has 5 heteroatoms. The molecule has 0 spiro atoms. The van der Waals surface area contributed by atoms with Crippen LogP contribution >= 0.6 is 0 Å². The van der Waals surface area contributed by atoms with Crippen molar-refractivity contribution in [2.24, 2.45) is 0 Å². The van der Waals surface area contributed by atoms with Crippen LogP contribution in [-0.4, -0.2) is 38.9 Å². The summed E-state index contributed by atoms with van der Waals surface area (Å²) in [4.78, 5) is 23.4. The Balaban J connectivity index is 1.95. The molecule has 0 saturated carbocycles. The Bertz CT molecular complexity index is 689. The van der Waals surface area contributed by atoms with Crippen LogP contribution in [0, 0.1) is 0 Å². The second-order valence-corrected chi connectivity index (χ2v) is 5.39. The number of esters is 2. The highest BCUT2D eigenvalue weighted by molar-refractivity contribution is 5.91. The average Bonchev–Trinajstić information content (AvgIpc) is 2.67. The normalized spacial score (nSPS) is 10.3. The summed E-state index contributed by atoms with van der Waals surface area (Å²) in [6.07, 6.45) is 0.940. The molecule has 0 aliphatic heterocycles. The molecule has 0 aliphatic carbocycles. The molecule has 0 fully saturated rings. The number of benzene rings is 2. The Morgan fingerprint density at radius 3 is 1.76 bits per heavy atom. The number of carbonyl (C=O) groups is 2. The smallest absolute Gasteiger partial charge is 0.338 e. The minimum Gasteiger partial charge on any atom is -0.465 e. The van der Waals surface area contributed by atoms with Crippen molar-refractivity contribution in [1.29, 1.82) is 0 Å². The molecule has 0 bridgehead atoms. The van der Waals surface area contributed by atoms with Crippen molar-refractivity contribution in [3.8, 4) is 11.1 Å². The van der Waals surface area contributed by atoms with Crippen molar-refractivity contribution in [3.63, 3.8) is 0 Å². The van der Waals surface area contributed by atoms with E-state index in [4.69, 9.17) is 9.47 Å². The van der Waals surface area contributed by atoms with E-state index in [0.29, 0.717) is 24.3 Å². The topological polar surface area (TPSA) is 61.8 Å². The second kappa shape index (κ2) is 9.59. The maximum atomic E-state index is 11.9. The fourth-order valence-electron chi connectivity index (χ4n) is 2.24. The minimum atomic E-state index is -0.368. The van der Waals surface area contributed by atoms with Gasteiger partial charge in [-0.3, -0.25) is 0 Å². The molecule has 2 rings (SSSR count). The Morgan fingerprint density at radius 2 is 1.28 bits per heavy atom. The summed E-state index contributed by atoms with van der Waals surface area (Å²) in [6.45, 7) is 3.34. The molecule has 0 saturated heterocycles. The maximum Gasteiger partial charge on any atom is 0.338 e. The van der Waals surface area contributed by atoms with Gasteiger partial charge in [-0.2, -0.15) is 0 Å². The number of hydrogen-bond donors (Lipinski definition) is 0. The number of ether oxygens (including phenoxy) is 3. The predicted octanol–water partition coefficient (Wildman–Crippen LogP) is 3.72. The zero-order valence-corrected chi connectivity index (χ0v) is 14.5. The third-order valence-corrected chi connectivity index (χ3v) is 3.57. The van der Waals surface area contributed by atoms with Crippen molar-refractivity contribution in [1.82, 2.24) is 0 Å². The number of rotatable bonds is 8. The van der Waals surface area contributed by atoms with Gasteiger partial charge in [0.1, 0.15) is 6.61 Å². The van der Waals surface area contributed by atoms with E-state index in [1.165, 1.54) is 7.11 Å². The highest BCUT2D eigenvalue weighted by Crippen LogP contribution is 2.21. The first kappa shape index (κ1) is 18.7. The third kappa shape index (κ3) is 5.43. The SMILES string of the molecule is CCCOCCOC(=O)c1ccc(-c2ccc(C(=O)OC)cc2)cc1. The molecule has 0 atom stereocenters. The maximum absolute atomic E-state index is 11.9. The molecule has 2 aromatic carbocycles. The first-order chi connectivity index (χ1) is 12.2. The molecule has 5 nitrogen and oxygen atoms in total. The third-order valence-electron chi connectivity index (χ3n) is 3.57. The van der Waals surface area contributed by atoms with E-state index < -0.39 is 0 Å². The first-order valence-electron chi connectivity index (χ1n) is 8.19. The standard InChI is InChI=1S/C20H22O5/c1-3-12-24-13-14-25-20(22)18-10-6-16(7-11-18)15-4-8-17(9-5-15)19(21)23-2/h4-11H,3,12-14H2,1-2H3. The molecule has 0 radical (unpaired) electrons. The fourth-order valence-corrected chi connectivity index (χ4v) is 2.24. The van der Waals surface area contributed by atoms with Gasteiger partial charge in [0.05, 0.1) is 24.8 Å². The van der Waals surface area contributed by atoms with Gasteiger partial charge in [-0.25, -0.2) is 9.59 Å². The lowest BCUT2D eigenvalue weighted by Gasteiger charge is -2.07. The summed E-state index contributed by atoms with van der Waals surface area (Å²) in [5.74, 6) is -0.736. The highest BCUT2D eigenvalue weighted by atomic mass is 16.6. The zero-order valence-electron chi connectivity index (χ0n) is 14.5. The summed E-state index contributed by atoms with van der Waals surface area (Å²) in [7, 11) is 1.35. The molecule has 0 unspecified atom stereocenters. The molecular formula is C20H22O5. The largest absolute Gasteiger partial charge is 0.465 e. The van der Waals surface area contributed by atoms with E-state index in [1.807, 2.05) is 31.2 Å². The van der Waals surface area contributed by atoms with Gasteiger partial charge in [-0.1, -0.05) is 31.2 Å². The monoisotopic (exact) mass is 342 g/mol. The van der Waals surface area contributed by atoms with Crippen LogP contribution in [0.25, 0.3) is 11.1 Å². The van der Waals surface area contributed by atoms with Gasteiger partial charge in [0.15, 0.2) is 0 Å². The zero-order chi connectivity index (χ0) is 18.1. The Labute approximate surface area is 147 Å². The lowest BCUT2D eigenvalue weighted by Crippen LogP contribution is -2.11. The van der Waals surface area contributed by atoms with E-state index in [0.717, 1.165) is 17.5 Å². The summed E-state index contributed by atoms with van der Waals surface area (Å²) in [5, 5.41) is 0. The molecule has 0 amide bonds. The predicted molar refractivity (Wildman–Crippen MR) is 94.6 cm³/mol. The fraction of sp³-hybridized carbons (Fsp3) is 0.300. The van der Waals surface area contributed by atoms with Gasteiger partial charge in [-0.05, 0) is 41.8 Å². The van der Waals surface area contributed by atoms with Crippen molar-refractivity contribution >= 4 is 11.9 Å². The highest BCUT2D eigenvalue weighted by Gasteiger charge is 2.08. The number of hydrogen-bond acceptors (Lipinski definition) is 5. The van der Waals surface area contributed by atoms with Gasteiger partial charge >= 0.3 is 11.9 Å². The van der Waals surface area contributed by atoms with Gasteiger partial charge < -0.3 is 14.2 Å². The van der Waals surface area contributed by atoms with Crippen LogP contribution in [0.15, 0.2) is 48.5 Å². The molecule has 0 N–H and O–H groups in total. The quantitative estimate of drug-likeness (QED) is 0.540. The Hall–Kier alpha value is -2.66. The molecule has 132 valence electrons. The van der Waals surface area contributed by atoms with Gasteiger partial charge in [-0.15, -0.1) is 0 Å². The van der Waals surface area contributed by atoms with Crippen LogP contribution in [0.1, 0.15) is 34.1 Å². The lowest BCUT2D eigenvalue weighted by molar-refractivity contribution is 0.0318. The minimum absolute atomic E-state index is 0.246. The van der Waals surface area contributed by atoms with E-state index in [-0.39, 0.29) is 18.5 Å². The van der Waals surface area contributed by atoms with Crippen LogP contribution < -0.4 is 0 Å². The second-order valence-electron chi connectivity index (χ2n) is 5.39. The van der Waals surface area contributed by atoms with E-state index >= 15 is 0 Å². The van der Waals surface area contributed by atoms with Gasteiger partial charge in [0, 0.05) is 6.61 Å². The van der Waals surface area contributed by atoms with Crippen molar-refractivity contribution in [2.45, 2.75) is 13.3 Å². The van der Waals surface area contributed by atoms with Crippen molar-refractivity contribution in [2.75, 3.05) is 26.9 Å². The molecule has 0 heterocycles. The number of methoxy groups -OCH3 is 1. The van der Waals surface area contributed by atoms with Crippen molar-refractivity contribution < 1.29 is 23.8 Å². The number of carbonyl (C=O) groups excluding carboxylic acids is 2. The molecule has 25 heavy (non-hydrogen) atoms. The average molecular weight is 342 g/mol. The summed E-state index contributed by atoms with van der Waals surface area (Å²) in [5.41, 5.74) is 2.88. The van der Waals surface area contributed by atoms with Crippen LogP contribution in [0.4, 0.5) is 0 Å². The Kier molecular flexibility index (Phi) is 7.16. The lowest BCUT2D eigenvalue weighted by atomic mass is 10.0. The molecule has 2 aromatic rings. The van der Waals surface area contributed by atoms with Crippen LogP contribution in [0.2, 0.25) is 0 Å². The summed E-state index contributed by atoms with van der Waals surface area (Å²) < 4.78 is 15.1. The Morgan fingerprint density at radius 1 is 0.760 bits per heavy atom. The van der Waals surface area contributed by atoms with Gasteiger partial charge in [0.25, 0.3) is 0 Å². The van der Waals surface area contributed by atoms with Crippen LogP contribution in [0.5, 0.6) is 0 Å². The van der Waals surface area contributed by atoms with Crippen LogP contribution in [0.3, 0.4) is 0 Å². The first-order valence-corrected chi connectivity index (χ1v) is 8.19.